The summed E-state index contributed by atoms with van der Waals surface area (Å²) < 4.78 is 16.6. The molecule has 69 heavy (non-hydrogen) atoms. The van der Waals surface area contributed by atoms with E-state index in [1.54, 1.807) is 13.8 Å². The number of rotatable bonds is 25. The van der Waals surface area contributed by atoms with E-state index in [1.165, 1.54) is 25.0 Å². The first-order valence-electron chi connectivity index (χ1n) is 26.2. The highest BCUT2D eigenvalue weighted by Gasteiger charge is 2.46. The van der Waals surface area contributed by atoms with Crippen LogP contribution in [0.1, 0.15) is 167 Å². The van der Waals surface area contributed by atoms with Gasteiger partial charge in [0, 0.05) is 12.8 Å². The summed E-state index contributed by atoms with van der Waals surface area (Å²) in [7, 11) is 0. The number of aliphatic hydroxyl groups excluding tert-OH is 5. The van der Waals surface area contributed by atoms with Crippen molar-refractivity contribution in [2.75, 3.05) is 13.2 Å². The molecule has 0 heterocycles. The van der Waals surface area contributed by atoms with Crippen LogP contribution in [0.4, 0.5) is 0 Å². The minimum Gasteiger partial charge on any atom is -0.482 e. The van der Waals surface area contributed by atoms with Crippen LogP contribution in [0.2, 0.25) is 0 Å². The summed E-state index contributed by atoms with van der Waals surface area (Å²) in [6, 6.07) is 11.8. The number of carboxylic acids is 1. The van der Waals surface area contributed by atoms with Gasteiger partial charge in [-0.2, -0.15) is 0 Å². The molecular formula is C56H86O13. The number of carbonyl (C=O) groups is 4. The van der Waals surface area contributed by atoms with Crippen LogP contribution in [0, 0.1) is 35.5 Å². The molecule has 0 amide bonds. The lowest BCUT2D eigenvalue weighted by atomic mass is 9.73. The van der Waals surface area contributed by atoms with Gasteiger partial charge in [-0.15, -0.1) is 0 Å². The SMILES string of the molecule is CC(=O)CC(C)O.CCCCC[C@H](O)CCC1C2Cc3cccc(OCC(=O)O)c3C[C@H]2C[C@H]1O.CCCCC[C@H](O)CCC1C2Cc3cccc(OCC(=O)OC(C)CC(C)=O)c3C[C@H]2C[C@H]1O. The second-order valence-corrected chi connectivity index (χ2v) is 20.8. The molecule has 13 nitrogen and oxygen atoms in total. The fraction of sp³-hybridized carbons (Fsp3) is 0.714. The number of Topliss-reactive ketones (excluding diaryl/α,β-unsaturated/α-hetero) is 2. The minimum absolute atomic E-state index is 0.0176. The Hall–Kier alpha value is -3.88. The van der Waals surface area contributed by atoms with Crippen molar-refractivity contribution in [1.82, 2.24) is 0 Å². The Morgan fingerprint density at radius 2 is 1.07 bits per heavy atom. The number of fused-ring (bicyclic) bond motifs is 4. The minimum atomic E-state index is -0.972. The van der Waals surface area contributed by atoms with Gasteiger partial charge in [-0.05, 0) is 175 Å². The molecule has 0 radical (unpaired) electrons. The van der Waals surface area contributed by atoms with Gasteiger partial charge in [-0.1, -0.05) is 76.6 Å². The number of unbranched alkanes of at least 4 members (excludes halogenated alkanes) is 4. The lowest BCUT2D eigenvalue weighted by Gasteiger charge is -2.32. The zero-order chi connectivity index (χ0) is 50.6. The average Bonchev–Trinajstić information content (AvgIpc) is 3.76. The fourth-order valence-corrected chi connectivity index (χ4v) is 11.6. The molecule has 0 saturated heterocycles. The molecule has 0 spiro atoms. The highest BCUT2D eigenvalue weighted by atomic mass is 16.6. The van der Waals surface area contributed by atoms with Gasteiger partial charge in [0.1, 0.15) is 29.2 Å². The summed E-state index contributed by atoms with van der Waals surface area (Å²) >= 11 is 0. The van der Waals surface area contributed by atoms with Crippen molar-refractivity contribution >= 4 is 23.5 Å². The average molecular weight is 967 g/mol. The van der Waals surface area contributed by atoms with E-state index >= 15 is 0 Å². The largest absolute Gasteiger partial charge is 0.482 e. The van der Waals surface area contributed by atoms with E-state index in [4.69, 9.17) is 24.4 Å². The quantitative estimate of drug-likeness (QED) is 0.0408. The molecule has 2 aromatic rings. The first-order valence-corrected chi connectivity index (χ1v) is 26.2. The first kappa shape index (κ1) is 57.7. The molecule has 2 aromatic carbocycles. The van der Waals surface area contributed by atoms with Gasteiger partial charge in [0.2, 0.25) is 0 Å². The molecule has 12 atom stereocenters. The van der Waals surface area contributed by atoms with Crippen molar-refractivity contribution in [3.63, 3.8) is 0 Å². The van der Waals surface area contributed by atoms with Gasteiger partial charge in [0.15, 0.2) is 13.2 Å². The maximum absolute atomic E-state index is 12.1. The normalized spacial score (nSPS) is 24.8. The first-order chi connectivity index (χ1) is 32.9. The Kier molecular flexibility index (Phi) is 24.6. The molecule has 2 saturated carbocycles. The molecule has 0 aromatic heterocycles. The number of carbonyl (C=O) groups excluding carboxylic acids is 3. The van der Waals surface area contributed by atoms with E-state index in [9.17, 15) is 39.6 Å². The van der Waals surface area contributed by atoms with Crippen LogP contribution in [0.15, 0.2) is 36.4 Å². The highest BCUT2D eigenvalue weighted by Crippen LogP contribution is 2.50. The molecule has 0 bridgehead atoms. The standard InChI is InChI=1S/C28H42O6.C23H34O5.C5H10O2/c1-4-5-6-9-22(30)11-12-23-24-14-20-8-7-10-27(25(20)15-21(24)16-26(23)31)33-17-28(32)34-19(3)13-18(2)29;1-2-3-4-7-17(24)9-10-18-19-11-15-6-5-8-22(28-14-23(26)27)20(15)12-16(19)13-21(18)25;1-4(6)3-5(2)7/h7-8,10,19,21-24,26,30-31H,4-6,9,11-17H2,1-3H3;5-6,8,16-19,21,24-25H,2-4,7,9-14H2,1H3,(H,26,27);4,6H,3H2,1-2H3/t19?,21-,22-,23?,24?,26+;16-,17-,18?,19?,21+;/m00./s1. The van der Waals surface area contributed by atoms with Crippen LogP contribution >= 0.6 is 0 Å². The summed E-state index contributed by atoms with van der Waals surface area (Å²) in [5.41, 5.74) is 4.67. The van der Waals surface area contributed by atoms with E-state index in [1.807, 2.05) is 24.3 Å². The van der Waals surface area contributed by atoms with E-state index in [-0.39, 0.29) is 73.9 Å². The molecule has 4 aliphatic carbocycles. The number of aliphatic carboxylic acids is 1. The Labute approximate surface area is 411 Å². The Balaban J connectivity index is 0.000000267. The van der Waals surface area contributed by atoms with Crippen LogP contribution < -0.4 is 9.47 Å². The zero-order valence-corrected chi connectivity index (χ0v) is 42.5. The van der Waals surface area contributed by atoms with E-state index in [0.29, 0.717) is 35.2 Å². The monoisotopic (exact) mass is 967 g/mol. The number of aliphatic hydroxyl groups is 5. The van der Waals surface area contributed by atoms with E-state index < -0.39 is 24.1 Å². The summed E-state index contributed by atoms with van der Waals surface area (Å²) in [6.07, 6.45) is 15.2. The molecule has 4 aliphatic rings. The van der Waals surface area contributed by atoms with Crippen molar-refractivity contribution < 1.29 is 64.0 Å². The maximum Gasteiger partial charge on any atom is 0.344 e. The number of ether oxygens (including phenoxy) is 3. The predicted octanol–water partition coefficient (Wildman–Crippen LogP) is 8.34. The molecule has 6 unspecified atom stereocenters. The number of carboxylic acid groups (broad SMARTS) is 1. The number of esters is 1. The lowest BCUT2D eigenvalue weighted by Crippen LogP contribution is -2.28. The molecule has 13 heteroatoms. The van der Waals surface area contributed by atoms with Gasteiger partial charge in [0.05, 0.1) is 30.5 Å². The van der Waals surface area contributed by atoms with E-state index in [0.717, 1.165) is 127 Å². The van der Waals surface area contributed by atoms with E-state index in [2.05, 4.69) is 26.0 Å². The second-order valence-electron chi connectivity index (χ2n) is 20.8. The highest BCUT2D eigenvalue weighted by molar-refractivity contribution is 5.77. The van der Waals surface area contributed by atoms with Crippen molar-refractivity contribution in [1.29, 1.82) is 0 Å². The van der Waals surface area contributed by atoms with Crippen molar-refractivity contribution in [3.05, 3.63) is 58.7 Å². The summed E-state index contributed by atoms with van der Waals surface area (Å²) in [5, 5.41) is 59.5. The van der Waals surface area contributed by atoms with Gasteiger partial charge >= 0.3 is 11.9 Å². The molecule has 6 rings (SSSR count). The van der Waals surface area contributed by atoms with Crippen LogP contribution in [-0.2, 0) is 49.6 Å². The molecule has 388 valence electrons. The molecule has 0 aliphatic heterocycles. The topological polar surface area (TPSA) is 217 Å². The molecular weight excluding hydrogens is 881 g/mol. The van der Waals surface area contributed by atoms with Crippen molar-refractivity contribution in [2.24, 2.45) is 35.5 Å². The molecule has 2 fully saturated rings. The third-order valence-electron chi connectivity index (χ3n) is 14.8. The summed E-state index contributed by atoms with van der Waals surface area (Å²) in [5.74, 6) is 2.04. The third kappa shape index (κ3) is 19.0. The number of ketones is 2. The third-order valence-corrected chi connectivity index (χ3v) is 14.8. The molecule has 6 N–H and O–H groups in total. The predicted molar refractivity (Wildman–Crippen MR) is 265 cm³/mol. The summed E-state index contributed by atoms with van der Waals surface area (Å²) in [6.45, 7) is 10.1. The number of hydrogen-bond donors (Lipinski definition) is 6. The fourth-order valence-electron chi connectivity index (χ4n) is 11.6. The van der Waals surface area contributed by atoms with Gasteiger partial charge in [0.25, 0.3) is 0 Å². The van der Waals surface area contributed by atoms with Crippen LogP contribution in [0.3, 0.4) is 0 Å². The number of benzene rings is 2. The van der Waals surface area contributed by atoms with Gasteiger partial charge < -0.3 is 44.8 Å². The number of hydrogen-bond acceptors (Lipinski definition) is 12. The van der Waals surface area contributed by atoms with Gasteiger partial charge in [-0.25, -0.2) is 9.59 Å². The smallest absolute Gasteiger partial charge is 0.344 e. The van der Waals surface area contributed by atoms with Crippen molar-refractivity contribution in [2.45, 2.75) is 207 Å². The zero-order valence-electron chi connectivity index (χ0n) is 42.5. The Morgan fingerprint density at radius 3 is 1.46 bits per heavy atom. The lowest BCUT2D eigenvalue weighted by molar-refractivity contribution is -0.151. The van der Waals surface area contributed by atoms with Crippen molar-refractivity contribution in [3.8, 4) is 11.5 Å². The van der Waals surface area contributed by atoms with Crippen LogP contribution in [0.25, 0.3) is 0 Å². The Morgan fingerprint density at radius 1 is 0.623 bits per heavy atom. The maximum atomic E-state index is 12.1. The second kappa shape index (κ2) is 29.5. The summed E-state index contributed by atoms with van der Waals surface area (Å²) in [4.78, 5) is 44.3. The van der Waals surface area contributed by atoms with Crippen LogP contribution in [-0.4, -0.2) is 104 Å². The Bertz CT molecular complexity index is 1900. The van der Waals surface area contributed by atoms with Crippen LogP contribution in [0.5, 0.6) is 11.5 Å². The van der Waals surface area contributed by atoms with Gasteiger partial charge in [-0.3, -0.25) is 9.59 Å².